The van der Waals surface area contributed by atoms with Crippen LogP contribution in [0.15, 0.2) is 182 Å². The summed E-state index contributed by atoms with van der Waals surface area (Å²) in [5.41, 5.74) is 18.5. The largest absolute Gasteiger partial charge is 0.310 e. The van der Waals surface area contributed by atoms with E-state index in [1.165, 1.54) is 135 Å². The number of rotatable bonds is 7. The standard InChI is InChI=1S/C58H49N/c1-3-17-44(18-4-1)58(45-19-5-2-6-20-45)54-35-30-41-15-8-10-22-50(41)57(54)52-34-33-47(38-55(52)58)59(56-25-12-11-23-51(56)53-37-39-26-27-43(53)36-39)46-31-28-42(29-32-46)49-24-13-16-40-14-7-9-21-48(40)49/h1-6,8,10-13,15-20,22-25,28-35,38-39,43,53H,7,9,14,21,26-27,36-37H2. The topological polar surface area (TPSA) is 3.24 Å². The van der Waals surface area contributed by atoms with Gasteiger partial charge in [0.25, 0.3) is 0 Å². The van der Waals surface area contributed by atoms with Crippen LogP contribution in [0.5, 0.6) is 0 Å². The van der Waals surface area contributed by atoms with Gasteiger partial charge in [-0.25, -0.2) is 0 Å². The molecule has 4 aliphatic carbocycles. The Kier molecular flexibility index (Phi) is 8.26. The van der Waals surface area contributed by atoms with Crippen LogP contribution in [0.25, 0.3) is 33.0 Å². The first-order chi connectivity index (χ1) is 29.3. The van der Waals surface area contributed by atoms with E-state index in [0.29, 0.717) is 5.92 Å². The number of fused-ring (bicyclic) bond motifs is 8. The molecule has 286 valence electrons. The van der Waals surface area contributed by atoms with Crippen LogP contribution in [-0.2, 0) is 18.3 Å². The van der Waals surface area contributed by atoms with Crippen molar-refractivity contribution in [3.63, 3.8) is 0 Å². The second-order valence-electron chi connectivity index (χ2n) is 17.8. The third kappa shape index (κ3) is 5.44. The molecule has 1 nitrogen and oxygen atoms in total. The predicted molar refractivity (Wildman–Crippen MR) is 246 cm³/mol. The SMILES string of the molecule is c1ccc(C2(c3ccccc3)c3cc(N(c4ccc(-c5cccc6c5CCCC6)cc4)c4ccccc4C4CC5CCC4C5)ccc3-c3c2ccc2ccccc32)cc1. The number of benzene rings is 8. The second-order valence-corrected chi connectivity index (χ2v) is 17.8. The zero-order valence-corrected chi connectivity index (χ0v) is 33.7. The van der Waals surface area contributed by atoms with Gasteiger partial charge in [-0.15, -0.1) is 0 Å². The first-order valence-electron chi connectivity index (χ1n) is 22.1. The molecule has 2 saturated carbocycles. The molecule has 0 amide bonds. The Balaban J connectivity index is 1.10. The fourth-order valence-electron chi connectivity index (χ4n) is 12.3. The lowest BCUT2D eigenvalue weighted by atomic mass is 9.67. The van der Waals surface area contributed by atoms with E-state index in [-0.39, 0.29) is 0 Å². The molecule has 0 heterocycles. The Morgan fingerprint density at radius 2 is 1.24 bits per heavy atom. The molecule has 59 heavy (non-hydrogen) atoms. The van der Waals surface area contributed by atoms with E-state index in [1.807, 2.05) is 0 Å². The zero-order valence-electron chi connectivity index (χ0n) is 33.7. The molecule has 0 N–H and O–H groups in total. The van der Waals surface area contributed by atoms with Crippen molar-refractivity contribution in [2.24, 2.45) is 11.8 Å². The molecule has 3 unspecified atom stereocenters. The highest BCUT2D eigenvalue weighted by molar-refractivity contribution is 6.04. The van der Waals surface area contributed by atoms with Gasteiger partial charge in [-0.3, -0.25) is 0 Å². The van der Waals surface area contributed by atoms with Crippen LogP contribution in [0.4, 0.5) is 17.1 Å². The zero-order chi connectivity index (χ0) is 38.9. The molecular weight excluding hydrogens is 711 g/mol. The van der Waals surface area contributed by atoms with Gasteiger partial charge < -0.3 is 4.90 Å². The van der Waals surface area contributed by atoms with Gasteiger partial charge in [0.1, 0.15) is 0 Å². The highest BCUT2D eigenvalue weighted by Crippen LogP contribution is 2.60. The van der Waals surface area contributed by atoms with Crippen molar-refractivity contribution in [3.05, 3.63) is 221 Å². The van der Waals surface area contributed by atoms with E-state index in [0.717, 1.165) is 11.8 Å². The number of anilines is 3. The van der Waals surface area contributed by atoms with Crippen molar-refractivity contribution >= 4 is 27.8 Å². The highest BCUT2D eigenvalue weighted by Gasteiger charge is 2.47. The van der Waals surface area contributed by atoms with Crippen LogP contribution >= 0.6 is 0 Å². The van der Waals surface area contributed by atoms with Crippen molar-refractivity contribution in [2.75, 3.05) is 4.90 Å². The minimum atomic E-state index is -0.501. The van der Waals surface area contributed by atoms with Crippen molar-refractivity contribution in [1.29, 1.82) is 0 Å². The summed E-state index contributed by atoms with van der Waals surface area (Å²) < 4.78 is 0. The smallest absolute Gasteiger partial charge is 0.0714 e. The maximum atomic E-state index is 2.60. The Labute approximate surface area is 349 Å². The number of para-hydroxylation sites is 1. The maximum absolute atomic E-state index is 2.60. The number of nitrogens with zero attached hydrogens (tertiary/aromatic N) is 1. The Hall–Kier alpha value is -6.18. The minimum absolute atomic E-state index is 0.501. The van der Waals surface area contributed by atoms with Crippen LogP contribution < -0.4 is 4.90 Å². The average Bonchev–Trinajstić information content (AvgIpc) is 4.03. The summed E-state index contributed by atoms with van der Waals surface area (Å²) in [6.45, 7) is 0. The normalized spacial score (nSPS) is 19.6. The monoisotopic (exact) mass is 759 g/mol. The molecule has 1 heteroatoms. The molecular formula is C58H49N. The molecule has 0 spiro atoms. The third-order valence-corrected chi connectivity index (χ3v) is 14.8. The lowest BCUT2D eigenvalue weighted by Gasteiger charge is -2.35. The highest BCUT2D eigenvalue weighted by atomic mass is 15.1. The van der Waals surface area contributed by atoms with Gasteiger partial charge in [-0.1, -0.05) is 158 Å². The van der Waals surface area contributed by atoms with Gasteiger partial charge in [-0.05, 0) is 165 Å². The molecule has 0 radical (unpaired) electrons. The molecule has 8 aromatic carbocycles. The van der Waals surface area contributed by atoms with Crippen molar-refractivity contribution in [1.82, 2.24) is 0 Å². The maximum Gasteiger partial charge on any atom is 0.0714 e. The summed E-state index contributed by atoms with van der Waals surface area (Å²) in [4.78, 5) is 2.60. The average molecular weight is 760 g/mol. The lowest BCUT2D eigenvalue weighted by Crippen LogP contribution is -2.28. The fourth-order valence-corrected chi connectivity index (χ4v) is 12.3. The fraction of sp³-hybridized carbons (Fsp3) is 0.207. The van der Waals surface area contributed by atoms with Crippen LogP contribution in [0.3, 0.4) is 0 Å². The van der Waals surface area contributed by atoms with E-state index in [4.69, 9.17) is 0 Å². The lowest BCUT2D eigenvalue weighted by molar-refractivity contribution is 0.420. The quantitative estimate of drug-likeness (QED) is 0.156. The third-order valence-electron chi connectivity index (χ3n) is 14.8. The Morgan fingerprint density at radius 1 is 0.508 bits per heavy atom. The van der Waals surface area contributed by atoms with Crippen molar-refractivity contribution < 1.29 is 0 Å². The molecule has 4 aliphatic rings. The molecule has 2 bridgehead atoms. The van der Waals surface area contributed by atoms with Gasteiger partial charge in [0.15, 0.2) is 0 Å². The molecule has 0 aromatic heterocycles. The number of aryl methyl sites for hydroxylation is 1. The summed E-state index contributed by atoms with van der Waals surface area (Å²) in [7, 11) is 0. The van der Waals surface area contributed by atoms with Crippen molar-refractivity contribution in [3.8, 4) is 22.3 Å². The Bertz CT molecular complexity index is 2810. The summed E-state index contributed by atoms with van der Waals surface area (Å²) in [6, 6.07) is 69.6. The minimum Gasteiger partial charge on any atom is -0.310 e. The number of hydrogen-bond donors (Lipinski definition) is 0. The molecule has 0 aliphatic heterocycles. The predicted octanol–water partition coefficient (Wildman–Crippen LogP) is 15.1. The molecule has 8 aromatic rings. The van der Waals surface area contributed by atoms with Crippen molar-refractivity contribution in [2.45, 2.75) is 62.7 Å². The summed E-state index contributed by atoms with van der Waals surface area (Å²) in [5, 5.41) is 2.59. The van der Waals surface area contributed by atoms with Crippen LogP contribution in [0.1, 0.15) is 83.4 Å². The first kappa shape index (κ1) is 34.8. The summed E-state index contributed by atoms with van der Waals surface area (Å²) in [5.74, 6) is 2.25. The van der Waals surface area contributed by atoms with E-state index in [2.05, 4.69) is 187 Å². The molecule has 3 atom stereocenters. The van der Waals surface area contributed by atoms with Crippen LogP contribution in [0.2, 0.25) is 0 Å². The molecule has 0 saturated heterocycles. The molecule has 2 fully saturated rings. The first-order valence-corrected chi connectivity index (χ1v) is 22.1. The second kappa shape index (κ2) is 14.0. The molecule has 12 rings (SSSR count). The van der Waals surface area contributed by atoms with Gasteiger partial charge in [0, 0.05) is 17.1 Å². The van der Waals surface area contributed by atoms with E-state index >= 15 is 0 Å². The van der Waals surface area contributed by atoms with Crippen LogP contribution in [0, 0.1) is 11.8 Å². The summed E-state index contributed by atoms with van der Waals surface area (Å²) >= 11 is 0. The Morgan fingerprint density at radius 3 is 2.02 bits per heavy atom. The van der Waals surface area contributed by atoms with E-state index in [9.17, 15) is 0 Å². The van der Waals surface area contributed by atoms with E-state index in [1.54, 1.807) is 5.56 Å². The van der Waals surface area contributed by atoms with Gasteiger partial charge in [0.2, 0.25) is 0 Å². The van der Waals surface area contributed by atoms with Crippen LogP contribution in [-0.4, -0.2) is 0 Å². The summed E-state index contributed by atoms with van der Waals surface area (Å²) in [6.07, 6.45) is 10.4. The number of hydrogen-bond acceptors (Lipinski definition) is 1. The van der Waals surface area contributed by atoms with E-state index < -0.39 is 5.41 Å². The van der Waals surface area contributed by atoms with Gasteiger partial charge in [0.05, 0.1) is 5.41 Å². The van der Waals surface area contributed by atoms with Gasteiger partial charge >= 0.3 is 0 Å². The van der Waals surface area contributed by atoms with Gasteiger partial charge in [-0.2, -0.15) is 0 Å².